The number of aliphatic hydroxyl groups is 1. The summed E-state index contributed by atoms with van der Waals surface area (Å²) in [6.45, 7) is 9.64. The number of carboxylic acids is 1. The molecule has 228 valence electrons. The zero-order chi connectivity index (χ0) is 29.9. The molecular formula is C34H46N2O6. The van der Waals surface area contributed by atoms with Crippen LogP contribution in [0.3, 0.4) is 0 Å². The van der Waals surface area contributed by atoms with Crippen molar-refractivity contribution in [1.29, 1.82) is 0 Å². The number of rotatable bonds is 11. The highest BCUT2D eigenvalue weighted by Crippen LogP contribution is 2.53. The quantitative estimate of drug-likeness (QED) is 0.323. The predicted molar refractivity (Wildman–Crippen MR) is 159 cm³/mol. The lowest BCUT2D eigenvalue weighted by Gasteiger charge is -2.41. The molecule has 5 unspecified atom stereocenters. The van der Waals surface area contributed by atoms with Crippen LogP contribution in [0.4, 0.5) is 0 Å². The highest BCUT2D eigenvalue weighted by atomic mass is 16.7. The Balaban J connectivity index is 1.26. The summed E-state index contributed by atoms with van der Waals surface area (Å²) in [5.41, 5.74) is 4.57. The fraction of sp³-hybridized carbons (Fsp3) is 0.588. The van der Waals surface area contributed by atoms with Crippen molar-refractivity contribution < 1.29 is 29.3 Å². The van der Waals surface area contributed by atoms with Gasteiger partial charge in [0.15, 0.2) is 6.29 Å². The first-order chi connectivity index (χ1) is 20.0. The number of nitrogens with one attached hydrogen (secondary N) is 1. The Morgan fingerprint density at radius 3 is 2.33 bits per heavy atom. The van der Waals surface area contributed by atoms with Crippen LogP contribution in [0.25, 0.3) is 0 Å². The van der Waals surface area contributed by atoms with E-state index in [2.05, 4.69) is 31.0 Å². The smallest absolute Gasteiger partial charge is 0.303 e. The van der Waals surface area contributed by atoms with Crippen LogP contribution in [-0.4, -0.2) is 52.2 Å². The van der Waals surface area contributed by atoms with Gasteiger partial charge in [-0.05, 0) is 53.2 Å². The van der Waals surface area contributed by atoms with Gasteiger partial charge in [-0.15, -0.1) is 0 Å². The van der Waals surface area contributed by atoms with Crippen molar-refractivity contribution in [3.8, 4) is 0 Å². The van der Waals surface area contributed by atoms with Gasteiger partial charge in [0.2, 0.25) is 5.91 Å². The third kappa shape index (κ3) is 7.78. The number of carboxylic acid groups (broad SMARTS) is 1. The first-order valence-corrected chi connectivity index (χ1v) is 15.3. The van der Waals surface area contributed by atoms with Gasteiger partial charge in [-0.1, -0.05) is 69.3 Å². The van der Waals surface area contributed by atoms with E-state index < -0.39 is 12.3 Å². The number of benzene rings is 2. The van der Waals surface area contributed by atoms with Crippen molar-refractivity contribution in [3.63, 3.8) is 0 Å². The normalized spacial score (nSPS) is 28.9. The van der Waals surface area contributed by atoms with Crippen LogP contribution in [0.1, 0.15) is 100 Å². The number of hydrogen-bond acceptors (Lipinski definition) is 6. The second kappa shape index (κ2) is 12.8. The molecule has 3 aliphatic rings. The molecule has 2 aromatic carbocycles. The first-order valence-electron chi connectivity index (χ1n) is 15.3. The number of likely N-dealkylation sites (tertiary alicyclic amines) is 1. The minimum Gasteiger partial charge on any atom is -0.481 e. The number of aliphatic hydroxyl groups excluding tert-OH is 1. The maximum atomic E-state index is 12.1. The topological polar surface area (TPSA) is 108 Å². The van der Waals surface area contributed by atoms with Gasteiger partial charge < -0.3 is 25.0 Å². The number of nitrogens with zero attached hydrogens (tertiary/aromatic N) is 1. The second-order valence-corrected chi connectivity index (χ2v) is 13.8. The molecule has 1 aliphatic carbocycles. The molecule has 1 saturated carbocycles. The highest BCUT2D eigenvalue weighted by molar-refractivity contribution is 5.76. The van der Waals surface area contributed by atoms with Crippen LogP contribution in [0.5, 0.6) is 0 Å². The van der Waals surface area contributed by atoms with Crippen LogP contribution < -0.4 is 5.32 Å². The summed E-state index contributed by atoms with van der Waals surface area (Å²) >= 11 is 0. The average molecular weight is 579 g/mol. The summed E-state index contributed by atoms with van der Waals surface area (Å²) in [6.07, 6.45) is 4.41. The minimum absolute atomic E-state index is 0.00715. The van der Waals surface area contributed by atoms with Gasteiger partial charge in [0.05, 0.1) is 18.8 Å². The van der Waals surface area contributed by atoms with Gasteiger partial charge in [-0.2, -0.15) is 0 Å². The third-order valence-electron chi connectivity index (χ3n) is 9.11. The molecule has 2 bridgehead atoms. The van der Waals surface area contributed by atoms with E-state index in [9.17, 15) is 14.7 Å². The zero-order valence-corrected chi connectivity index (χ0v) is 25.2. The van der Waals surface area contributed by atoms with E-state index >= 15 is 0 Å². The van der Waals surface area contributed by atoms with Crippen LogP contribution in [0, 0.1) is 10.8 Å². The van der Waals surface area contributed by atoms with Crippen molar-refractivity contribution in [2.45, 2.75) is 103 Å². The molecule has 2 aliphatic heterocycles. The molecule has 0 radical (unpaired) electrons. The Morgan fingerprint density at radius 2 is 1.64 bits per heavy atom. The van der Waals surface area contributed by atoms with E-state index in [4.69, 9.17) is 14.6 Å². The van der Waals surface area contributed by atoms with E-state index in [1.807, 2.05) is 48.5 Å². The number of carbonyl (C=O) groups is 2. The van der Waals surface area contributed by atoms with E-state index in [-0.39, 0.29) is 37.6 Å². The Kier molecular flexibility index (Phi) is 9.38. The lowest BCUT2D eigenvalue weighted by Crippen LogP contribution is -2.42. The molecule has 1 amide bonds. The lowest BCUT2D eigenvalue weighted by molar-refractivity contribution is -0.253. The highest BCUT2D eigenvalue weighted by Gasteiger charge is 2.50. The molecule has 0 spiro atoms. The number of fused-ring (bicyclic) bond motifs is 2. The molecular weight excluding hydrogens is 532 g/mol. The minimum atomic E-state index is -0.890. The summed E-state index contributed by atoms with van der Waals surface area (Å²) in [4.78, 5) is 25.4. The summed E-state index contributed by atoms with van der Waals surface area (Å²) in [6, 6.07) is 16.5. The molecule has 3 N–H and O–H groups in total. The Morgan fingerprint density at radius 1 is 0.952 bits per heavy atom. The molecule has 2 aromatic rings. The SMILES string of the molecule is CC1(C)CC2CC(C)(CN2CC2CC(c3ccc(CO)cc3)OC(c3ccc(CNC(=O)CCCC(=O)O)cc3)O2)C1. The first kappa shape index (κ1) is 30.7. The molecule has 8 nitrogen and oxygen atoms in total. The molecule has 8 heteroatoms. The van der Waals surface area contributed by atoms with Crippen molar-refractivity contribution in [1.82, 2.24) is 10.2 Å². The number of hydrogen-bond donors (Lipinski definition) is 3. The Bertz CT molecular complexity index is 1230. The molecule has 5 rings (SSSR count). The van der Waals surface area contributed by atoms with Crippen LogP contribution in [0.15, 0.2) is 48.5 Å². The third-order valence-corrected chi connectivity index (χ3v) is 9.11. The molecule has 42 heavy (non-hydrogen) atoms. The monoisotopic (exact) mass is 578 g/mol. The maximum Gasteiger partial charge on any atom is 0.303 e. The van der Waals surface area contributed by atoms with Gasteiger partial charge in [-0.3, -0.25) is 14.5 Å². The summed E-state index contributed by atoms with van der Waals surface area (Å²) in [5.74, 6) is -1.04. The maximum absolute atomic E-state index is 12.1. The molecule has 2 saturated heterocycles. The molecule has 3 fully saturated rings. The van der Waals surface area contributed by atoms with Crippen LogP contribution in [-0.2, 0) is 32.2 Å². The number of aliphatic carboxylic acids is 1. The zero-order valence-electron chi connectivity index (χ0n) is 25.2. The Hall–Kier alpha value is -2.78. The van der Waals surface area contributed by atoms with E-state index in [0.717, 1.165) is 41.8 Å². The van der Waals surface area contributed by atoms with Crippen LogP contribution in [0.2, 0.25) is 0 Å². The van der Waals surface area contributed by atoms with E-state index in [1.54, 1.807) is 0 Å². The fourth-order valence-electron chi connectivity index (χ4n) is 7.57. The van der Waals surface area contributed by atoms with E-state index in [0.29, 0.717) is 29.8 Å². The summed E-state index contributed by atoms with van der Waals surface area (Å²) in [5, 5.41) is 21.1. The van der Waals surface area contributed by atoms with Crippen molar-refractivity contribution in [2.75, 3.05) is 13.1 Å². The summed E-state index contributed by atoms with van der Waals surface area (Å²) < 4.78 is 13.2. The van der Waals surface area contributed by atoms with Gasteiger partial charge in [0.1, 0.15) is 0 Å². The van der Waals surface area contributed by atoms with Gasteiger partial charge in [0, 0.05) is 50.5 Å². The van der Waals surface area contributed by atoms with Crippen molar-refractivity contribution in [3.05, 3.63) is 70.8 Å². The average Bonchev–Trinajstić information content (AvgIpc) is 3.18. The van der Waals surface area contributed by atoms with Crippen LogP contribution >= 0.6 is 0 Å². The number of ether oxygens (including phenoxy) is 2. The number of carbonyl (C=O) groups excluding carboxylic acids is 1. The van der Waals surface area contributed by atoms with Gasteiger partial charge in [0.25, 0.3) is 0 Å². The second-order valence-electron chi connectivity index (χ2n) is 13.8. The fourth-order valence-corrected chi connectivity index (χ4v) is 7.57. The molecule has 0 aromatic heterocycles. The molecule has 5 atom stereocenters. The van der Waals surface area contributed by atoms with Crippen molar-refractivity contribution >= 4 is 11.9 Å². The molecule has 2 heterocycles. The number of amides is 1. The van der Waals surface area contributed by atoms with Gasteiger partial charge in [-0.25, -0.2) is 0 Å². The summed E-state index contributed by atoms with van der Waals surface area (Å²) in [7, 11) is 0. The Labute approximate surface area is 249 Å². The largest absolute Gasteiger partial charge is 0.481 e. The van der Waals surface area contributed by atoms with Crippen molar-refractivity contribution in [2.24, 2.45) is 10.8 Å². The van der Waals surface area contributed by atoms with E-state index in [1.165, 1.54) is 19.3 Å². The van der Waals surface area contributed by atoms with Gasteiger partial charge >= 0.3 is 5.97 Å². The predicted octanol–water partition coefficient (Wildman–Crippen LogP) is 5.50. The standard InChI is InChI=1S/C34H46N2O6/c1-33(2)16-27-17-34(3,21-33)22-36(27)19-28-15-29(25-11-9-24(20-37)10-12-25)42-32(41-28)26-13-7-23(8-14-26)18-35-30(38)5-4-6-31(39)40/h7-14,27-29,32,37H,4-6,15-22H2,1-3H3,(H,35,38)(H,39,40). The lowest BCUT2D eigenvalue weighted by atomic mass is 9.65.